The number of carbonyl (C=O) groups excluding carboxylic acids is 1. The zero-order valence-electron chi connectivity index (χ0n) is 16.6. The molecule has 1 fully saturated rings. The number of benzene rings is 1. The average Bonchev–Trinajstić information content (AvgIpc) is 3.27. The third-order valence-corrected chi connectivity index (χ3v) is 5.88. The maximum Gasteiger partial charge on any atom is 0.253 e. The molecule has 4 rings (SSSR count). The predicted molar refractivity (Wildman–Crippen MR) is 105 cm³/mol. The molecule has 1 atom stereocenters. The highest BCUT2D eigenvalue weighted by molar-refractivity contribution is 5.94. The zero-order valence-corrected chi connectivity index (χ0v) is 16.6. The molecule has 6 heteroatoms. The van der Waals surface area contributed by atoms with E-state index in [0.29, 0.717) is 0 Å². The normalized spacial score (nSPS) is 19.6. The average molecular weight is 367 g/mol. The fourth-order valence-electron chi connectivity index (χ4n) is 4.41. The van der Waals surface area contributed by atoms with E-state index in [1.54, 1.807) is 0 Å². The summed E-state index contributed by atoms with van der Waals surface area (Å²) in [5, 5.41) is 8.82. The number of likely N-dealkylation sites (tertiary alicyclic amines) is 1. The Bertz CT molecular complexity index is 841. The van der Waals surface area contributed by atoms with Crippen LogP contribution in [0.1, 0.15) is 58.3 Å². The van der Waals surface area contributed by atoms with Crippen LogP contribution < -0.4 is 0 Å². The second-order valence-electron chi connectivity index (χ2n) is 8.20. The number of amides is 1. The van der Waals surface area contributed by atoms with Gasteiger partial charge in [-0.25, -0.2) is 0 Å². The number of hydrogen-bond acceptors (Lipinski definition) is 4. The van der Waals surface area contributed by atoms with Crippen LogP contribution in [-0.4, -0.2) is 57.7 Å². The lowest BCUT2D eigenvalue weighted by Crippen LogP contribution is -2.39. The number of fused-ring (bicyclic) bond motifs is 1. The SMILES string of the molecule is CN(C)Cc1nnc([C@H]2CCCN(C(=O)c3ccc4c(c3)CCC4)C2)n1C. The fraction of sp³-hybridized carbons (Fsp3) is 0.571. The Hall–Kier alpha value is -2.21. The van der Waals surface area contributed by atoms with Crippen molar-refractivity contribution in [3.05, 3.63) is 46.5 Å². The van der Waals surface area contributed by atoms with Gasteiger partial charge in [0.1, 0.15) is 11.6 Å². The Kier molecular flexibility index (Phi) is 5.00. The zero-order chi connectivity index (χ0) is 19.0. The minimum Gasteiger partial charge on any atom is -0.338 e. The Balaban J connectivity index is 1.50. The molecule has 1 aliphatic heterocycles. The molecule has 0 spiro atoms. The molecule has 2 heterocycles. The molecular formula is C21H29N5O. The fourth-order valence-corrected chi connectivity index (χ4v) is 4.41. The van der Waals surface area contributed by atoms with Crippen LogP contribution in [0.3, 0.4) is 0 Å². The minimum absolute atomic E-state index is 0.157. The summed E-state index contributed by atoms with van der Waals surface area (Å²) < 4.78 is 2.11. The highest BCUT2D eigenvalue weighted by Gasteiger charge is 2.29. The lowest BCUT2D eigenvalue weighted by atomic mass is 9.96. The lowest BCUT2D eigenvalue weighted by Gasteiger charge is -2.32. The van der Waals surface area contributed by atoms with Gasteiger partial charge in [-0.05, 0) is 69.5 Å². The van der Waals surface area contributed by atoms with E-state index in [2.05, 4.69) is 31.8 Å². The van der Waals surface area contributed by atoms with Gasteiger partial charge in [-0.2, -0.15) is 0 Å². The van der Waals surface area contributed by atoms with Crippen molar-refractivity contribution in [3.63, 3.8) is 0 Å². The van der Waals surface area contributed by atoms with Gasteiger partial charge in [-0.3, -0.25) is 4.79 Å². The summed E-state index contributed by atoms with van der Waals surface area (Å²) in [6.07, 6.45) is 5.53. The molecule has 0 radical (unpaired) electrons. The lowest BCUT2D eigenvalue weighted by molar-refractivity contribution is 0.0703. The summed E-state index contributed by atoms with van der Waals surface area (Å²) in [5.41, 5.74) is 3.61. The molecule has 1 saturated heterocycles. The van der Waals surface area contributed by atoms with Crippen molar-refractivity contribution < 1.29 is 4.79 Å². The molecule has 0 N–H and O–H groups in total. The van der Waals surface area contributed by atoms with E-state index in [1.165, 1.54) is 17.5 Å². The van der Waals surface area contributed by atoms with Crippen LogP contribution in [0, 0.1) is 0 Å². The number of nitrogens with zero attached hydrogens (tertiary/aromatic N) is 5. The minimum atomic E-state index is 0.157. The van der Waals surface area contributed by atoms with Crippen molar-refractivity contribution >= 4 is 5.91 Å². The first kappa shape index (κ1) is 18.2. The molecule has 144 valence electrons. The van der Waals surface area contributed by atoms with E-state index in [0.717, 1.165) is 62.5 Å². The molecule has 0 unspecified atom stereocenters. The molecule has 0 saturated carbocycles. The van der Waals surface area contributed by atoms with Gasteiger partial charge in [0.2, 0.25) is 0 Å². The van der Waals surface area contributed by atoms with Gasteiger partial charge < -0.3 is 14.4 Å². The quantitative estimate of drug-likeness (QED) is 0.833. The smallest absolute Gasteiger partial charge is 0.253 e. The molecule has 2 aliphatic rings. The molecule has 1 amide bonds. The Morgan fingerprint density at radius 3 is 2.81 bits per heavy atom. The summed E-state index contributed by atoms with van der Waals surface area (Å²) in [6, 6.07) is 6.27. The molecular weight excluding hydrogens is 338 g/mol. The highest BCUT2D eigenvalue weighted by atomic mass is 16.2. The van der Waals surface area contributed by atoms with Gasteiger partial charge >= 0.3 is 0 Å². The molecule has 0 bridgehead atoms. The largest absolute Gasteiger partial charge is 0.338 e. The van der Waals surface area contributed by atoms with E-state index in [4.69, 9.17) is 0 Å². The van der Waals surface area contributed by atoms with Gasteiger partial charge in [0.15, 0.2) is 0 Å². The van der Waals surface area contributed by atoms with Crippen molar-refractivity contribution in [1.82, 2.24) is 24.6 Å². The summed E-state index contributed by atoms with van der Waals surface area (Å²) in [7, 11) is 6.10. The van der Waals surface area contributed by atoms with Crippen LogP contribution in [0.4, 0.5) is 0 Å². The number of aryl methyl sites for hydroxylation is 2. The number of aromatic nitrogens is 3. The molecule has 1 aliphatic carbocycles. The monoisotopic (exact) mass is 367 g/mol. The first-order chi connectivity index (χ1) is 13.0. The van der Waals surface area contributed by atoms with Gasteiger partial charge in [0, 0.05) is 31.6 Å². The van der Waals surface area contributed by atoms with Crippen LogP contribution in [0.5, 0.6) is 0 Å². The molecule has 6 nitrogen and oxygen atoms in total. The summed E-state index contributed by atoms with van der Waals surface area (Å²) >= 11 is 0. The maximum atomic E-state index is 13.1. The topological polar surface area (TPSA) is 54.3 Å². The summed E-state index contributed by atoms with van der Waals surface area (Å²) in [4.78, 5) is 17.2. The Labute approximate surface area is 161 Å². The van der Waals surface area contributed by atoms with Crippen molar-refractivity contribution in [2.45, 2.75) is 44.6 Å². The van der Waals surface area contributed by atoms with Gasteiger partial charge in [-0.15, -0.1) is 10.2 Å². The second-order valence-corrected chi connectivity index (χ2v) is 8.20. The van der Waals surface area contributed by atoms with Crippen LogP contribution >= 0.6 is 0 Å². The first-order valence-electron chi connectivity index (χ1n) is 9.97. The molecule has 27 heavy (non-hydrogen) atoms. The van der Waals surface area contributed by atoms with Crippen molar-refractivity contribution in [3.8, 4) is 0 Å². The van der Waals surface area contributed by atoms with Crippen LogP contribution in [0.25, 0.3) is 0 Å². The summed E-state index contributed by atoms with van der Waals surface area (Å²) in [6.45, 7) is 2.33. The van der Waals surface area contributed by atoms with Crippen LogP contribution in [0.15, 0.2) is 18.2 Å². The predicted octanol–water partition coefficient (Wildman–Crippen LogP) is 2.39. The van der Waals surface area contributed by atoms with Gasteiger partial charge in [0.25, 0.3) is 5.91 Å². The van der Waals surface area contributed by atoms with Crippen molar-refractivity contribution in [2.24, 2.45) is 7.05 Å². The third kappa shape index (κ3) is 3.63. The van der Waals surface area contributed by atoms with Gasteiger partial charge in [0.05, 0.1) is 6.54 Å². The van der Waals surface area contributed by atoms with Gasteiger partial charge in [-0.1, -0.05) is 6.07 Å². The van der Waals surface area contributed by atoms with Crippen LogP contribution in [0.2, 0.25) is 0 Å². The highest BCUT2D eigenvalue weighted by Crippen LogP contribution is 2.28. The van der Waals surface area contributed by atoms with E-state index in [1.807, 2.05) is 32.1 Å². The second kappa shape index (κ2) is 7.43. The number of hydrogen-bond donors (Lipinski definition) is 0. The Morgan fingerprint density at radius 1 is 1.19 bits per heavy atom. The maximum absolute atomic E-state index is 13.1. The standard InChI is InChI=1S/C21H29N5O/c1-24(2)14-19-22-23-20(25(19)3)18-8-5-11-26(13-18)21(27)17-10-9-15-6-4-7-16(15)12-17/h9-10,12,18H,4-8,11,13-14H2,1-3H3/t18-/m0/s1. The third-order valence-electron chi connectivity index (χ3n) is 5.88. The first-order valence-corrected chi connectivity index (χ1v) is 9.97. The Morgan fingerprint density at radius 2 is 2.00 bits per heavy atom. The number of piperidine rings is 1. The number of rotatable bonds is 4. The van der Waals surface area contributed by atoms with Crippen molar-refractivity contribution in [2.75, 3.05) is 27.2 Å². The number of carbonyl (C=O) groups is 1. The van der Waals surface area contributed by atoms with E-state index >= 15 is 0 Å². The molecule has 1 aromatic carbocycles. The van der Waals surface area contributed by atoms with Crippen LogP contribution in [-0.2, 0) is 26.4 Å². The van der Waals surface area contributed by atoms with E-state index in [9.17, 15) is 4.79 Å². The molecule has 1 aromatic heterocycles. The van der Waals surface area contributed by atoms with E-state index in [-0.39, 0.29) is 11.8 Å². The van der Waals surface area contributed by atoms with Crippen molar-refractivity contribution in [1.29, 1.82) is 0 Å². The van der Waals surface area contributed by atoms with E-state index < -0.39 is 0 Å². The summed E-state index contributed by atoms with van der Waals surface area (Å²) in [5.74, 6) is 2.38. The molecule has 2 aromatic rings.